The van der Waals surface area contributed by atoms with Gasteiger partial charge in [0.25, 0.3) is 0 Å². The molecule has 110 valence electrons. The summed E-state index contributed by atoms with van der Waals surface area (Å²) >= 11 is 2.17. The fourth-order valence-corrected chi connectivity index (χ4v) is 2.71. The summed E-state index contributed by atoms with van der Waals surface area (Å²) in [5, 5.41) is 16.9. The van der Waals surface area contributed by atoms with Crippen molar-refractivity contribution in [3.05, 3.63) is 29.6 Å². The van der Waals surface area contributed by atoms with Crippen LogP contribution in [0.3, 0.4) is 0 Å². The summed E-state index contributed by atoms with van der Waals surface area (Å²) in [6, 6.07) is 4.78. The van der Waals surface area contributed by atoms with Crippen LogP contribution in [0.1, 0.15) is 33.8 Å². The summed E-state index contributed by atoms with van der Waals surface area (Å²) in [7, 11) is 0. The lowest BCUT2D eigenvalue weighted by atomic mass is 10.3. The predicted molar refractivity (Wildman–Crippen MR) is 81.2 cm³/mol. The van der Waals surface area contributed by atoms with Crippen molar-refractivity contribution < 1.29 is 19.8 Å². The molecule has 1 aromatic heterocycles. The maximum Gasteiger partial charge on any atom is 0.237 e. The van der Waals surface area contributed by atoms with E-state index in [9.17, 15) is 9.59 Å². The van der Waals surface area contributed by atoms with E-state index in [0.29, 0.717) is 24.3 Å². The van der Waals surface area contributed by atoms with E-state index in [1.807, 2.05) is 0 Å². The maximum atomic E-state index is 11.8. The second-order valence-electron chi connectivity index (χ2n) is 3.83. The van der Waals surface area contributed by atoms with Crippen LogP contribution < -0.4 is 0 Å². The second kappa shape index (κ2) is 9.93. The van der Waals surface area contributed by atoms with Crippen molar-refractivity contribution in [2.24, 2.45) is 0 Å². The normalized spacial score (nSPS) is 10.5. The first-order valence-electron chi connectivity index (χ1n) is 6.22. The van der Waals surface area contributed by atoms with Crippen LogP contribution in [0, 0.1) is 0 Å². The number of hydrogen-bond acceptors (Lipinski definition) is 7. The standard InChI is InChI=1S/C13H17NO4S2/c15-6-2-8-19-12(17)10-4-1-5-11(14-10)13(18)20-9-3-7-16/h1,4-5,15-16H,2-3,6-9H2. The number of carbonyl (C=O) groups excluding carboxylic acids is 2. The first-order chi connectivity index (χ1) is 9.69. The molecule has 0 aromatic carbocycles. The first kappa shape index (κ1) is 17.2. The lowest BCUT2D eigenvalue weighted by Gasteiger charge is -2.03. The maximum absolute atomic E-state index is 11.8. The molecule has 5 nitrogen and oxygen atoms in total. The summed E-state index contributed by atoms with van der Waals surface area (Å²) in [6.45, 7) is 0.0987. The zero-order valence-corrected chi connectivity index (χ0v) is 12.6. The lowest BCUT2D eigenvalue weighted by molar-refractivity contribution is 0.108. The van der Waals surface area contributed by atoms with Gasteiger partial charge in [0.2, 0.25) is 10.2 Å². The van der Waals surface area contributed by atoms with E-state index in [1.165, 1.54) is 0 Å². The van der Waals surface area contributed by atoms with E-state index in [4.69, 9.17) is 10.2 Å². The van der Waals surface area contributed by atoms with E-state index in [1.54, 1.807) is 18.2 Å². The van der Waals surface area contributed by atoms with Crippen LogP contribution in [0.15, 0.2) is 18.2 Å². The average molecular weight is 315 g/mol. The second-order valence-corrected chi connectivity index (χ2v) is 5.97. The van der Waals surface area contributed by atoms with Crippen LogP contribution in [0.2, 0.25) is 0 Å². The third-order valence-corrected chi connectivity index (χ3v) is 4.17. The summed E-state index contributed by atoms with van der Waals surface area (Å²) in [4.78, 5) is 27.7. The van der Waals surface area contributed by atoms with Crippen LogP contribution in [0.4, 0.5) is 0 Å². The molecular weight excluding hydrogens is 298 g/mol. The number of aliphatic hydroxyl groups excluding tert-OH is 2. The largest absolute Gasteiger partial charge is 0.396 e. The molecule has 1 aromatic rings. The Hall–Kier alpha value is -0.890. The highest BCUT2D eigenvalue weighted by molar-refractivity contribution is 8.14. The number of rotatable bonds is 8. The van der Waals surface area contributed by atoms with Crippen molar-refractivity contribution in [3.63, 3.8) is 0 Å². The van der Waals surface area contributed by atoms with E-state index < -0.39 is 0 Å². The molecule has 0 aliphatic heterocycles. The van der Waals surface area contributed by atoms with Gasteiger partial charge in [-0.15, -0.1) is 0 Å². The molecule has 20 heavy (non-hydrogen) atoms. The Balaban J connectivity index is 2.60. The van der Waals surface area contributed by atoms with Gasteiger partial charge in [-0.25, -0.2) is 4.98 Å². The van der Waals surface area contributed by atoms with Crippen molar-refractivity contribution in [1.82, 2.24) is 4.98 Å². The zero-order valence-electron chi connectivity index (χ0n) is 10.9. The molecule has 0 aliphatic carbocycles. The van der Waals surface area contributed by atoms with Gasteiger partial charge in [0, 0.05) is 24.7 Å². The number of aliphatic hydroxyl groups is 2. The SMILES string of the molecule is O=C(SCCCO)c1cccc(C(=O)SCCCO)n1. The van der Waals surface area contributed by atoms with E-state index >= 15 is 0 Å². The molecule has 0 saturated carbocycles. The number of nitrogens with zero attached hydrogens (tertiary/aromatic N) is 1. The predicted octanol–water partition coefficient (Wildman–Crippen LogP) is 1.59. The van der Waals surface area contributed by atoms with Gasteiger partial charge in [-0.1, -0.05) is 29.6 Å². The lowest BCUT2D eigenvalue weighted by Crippen LogP contribution is -2.05. The molecule has 7 heteroatoms. The van der Waals surface area contributed by atoms with Crippen molar-refractivity contribution in [2.75, 3.05) is 24.7 Å². The Kier molecular flexibility index (Phi) is 8.52. The topological polar surface area (TPSA) is 87.5 Å². The van der Waals surface area contributed by atoms with Gasteiger partial charge in [0.05, 0.1) is 0 Å². The first-order valence-corrected chi connectivity index (χ1v) is 8.19. The Labute approximate surface area is 126 Å². The Bertz CT molecular complexity index is 417. The molecule has 0 unspecified atom stereocenters. The number of carbonyl (C=O) groups is 2. The van der Waals surface area contributed by atoms with Crippen LogP contribution in [-0.4, -0.2) is 50.1 Å². The summed E-state index contributed by atoms with van der Waals surface area (Å²) in [5.41, 5.74) is 0.503. The van der Waals surface area contributed by atoms with Gasteiger partial charge >= 0.3 is 0 Å². The van der Waals surface area contributed by atoms with Gasteiger partial charge in [-0.05, 0) is 25.0 Å². The van der Waals surface area contributed by atoms with Gasteiger partial charge < -0.3 is 10.2 Å². The fourth-order valence-electron chi connectivity index (χ4n) is 1.27. The van der Waals surface area contributed by atoms with Gasteiger partial charge in [-0.3, -0.25) is 9.59 Å². The highest BCUT2D eigenvalue weighted by Gasteiger charge is 2.13. The highest BCUT2D eigenvalue weighted by atomic mass is 32.2. The van der Waals surface area contributed by atoms with Crippen molar-refractivity contribution in [1.29, 1.82) is 0 Å². The molecule has 0 radical (unpaired) electrons. The molecule has 0 spiro atoms. The number of hydrogen-bond donors (Lipinski definition) is 2. The molecule has 0 bridgehead atoms. The summed E-state index contributed by atoms with van der Waals surface area (Å²) in [5.74, 6) is 1.06. The molecule has 0 saturated heterocycles. The monoisotopic (exact) mass is 315 g/mol. The zero-order chi connectivity index (χ0) is 14.8. The highest BCUT2D eigenvalue weighted by Crippen LogP contribution is 2.15. The molecule has 0 amide bonds. The quantitative estimate of drug-likeness (QED) is 0.704. The minimum Gasteiger partial charge on any atom is -0.396 e. The number of thioether (sulfide) groups is 2. The molecule has 0 fully saturated rings. The van der Waals surface area contributed by atoms with Gasteiger partial charge in [0.1, 0.15) is 11.4 Å². The van der Waals surface area contributed by atoms with Crippen molar-refractivity contribution in [3.8, 4) is 0 Å². The van der Waals surface area contributed by atoms with Crippen molar-refractivity contribution in [2.45, 2.75) is 12.8 Å². The minimum absolute atomic E-state index is 0.0493. The molecule has 2 N–H and O–H groups in total. The molecule has 0 aliphatic rings. The molecule has 1 rings (SSSR count). The summed E-state index contributed by atoms with van der Waals surface area (Å²) in [6.07, 6.45) is 1.10. The third kappa shape index (κ3) is 6.04. The minimum atomic E-state index is -0.201. The van der Waals surface area contributed by atoms with Gasteiger partial charge in [-0.2, -0.15) is 0 Å². The van der Waals surface area contributed by atoms with Crippen LogP contribution in [0.5, 0.6) is 0 Å². The summed E-state index contributed by atoms with van der Waals surface area (Å²) < 4.78 is 0. The van der Waals surface area contributed by atoms with E-state index in [-0.39, 0.29) is 34.8 Å². The molecule has 0 atom stereocenters. The number of pyridine rings is 1. The van der Waals surface area contributed by atoms with Crippen LogP contribution >= 0.6 is 23.5 Å². The third-order valence-electron chi connectivity index (χ3n) is 2.24. The smallest absolute Gasteiger partial charge is 0.237 e. The van der Waals surface area contributed by atoms with E-state index in [0.717, 1.165) is 23.5 Å². The van der Waals surface area contributed by atoms with E-state index in [2.05, 4.69) is 4.98 Å². The Morgan fingerprint density at radius 3 is 1.80 bits per heavy atom. The fraction of sp³-hybridized carbons (Fsp3) is 0.462. The van der Waals surface area contributed by atoms with Crippen molar-refractivity contribution >= 4 is 33.8 Å². The Morgan fingerprint density at radius 2 is 1.40 bits per heavy atom. The van der Waals surface area contributed by atoms with Crippen LogP contribution in [0.25, 0.3) is 0 Å². The molecular formula is C13H17NO4S2. The number of aromatic nitrogens is 1. The van der Waals surface area contributed by atoms with Gasteiger partial charge in [0.15, 0.2) is 0 Å². The Morgan fingerprint density at radius 1 is 0.950 bits per heavy atom. The average Bonchev–Trinajstić information content (AvgIpc) is 2.47. The molecule has 1 heterocycles. The van der Waals surface area contributed by atoms with Crippen LogP contribution in [-0.2, 0) is 0 Å².